The van der Waals surface area contributed by atoms with Gasteiger partial charge in [-0.2, -0.15) is 0 Å². The first-order valence-electron chi connectivity index (χ1n) is 11.8. The fourth-order valence-corrected chi connectivity index (χ4v) is 4.04. The van der Waals surface area contributed by atoms with Crippen LogP contribution in [0.2, 0.25) is 0 Å². The number of aliphatic hydroxyl groups excluding tert-OH is 3. The average molecular weight is 558 g/mol. The van der Waals surface area contributed by atoms with Gasteiger partial charge in [0.2, 0.25) is 6.29 Å². The quantitative estimate of drug-likeness (QED) is 0.147. The van der Waals surface area contributed by atoms with Crippen molar-refractivity contribution in [1.82, 2.24) is 0 Å². The molecule has 0 spiro atoms. The van der Waals surface area contributed by atoms with E-state index < -0.39 is 71.8 Å². The van der Waals surface area contributed by atoms with Crippen molar-refractivity contribution in [3.05, 3.63) is 65.2 Å². The van der Waals surface area contributed by atoms with E-state index in [4.69, 9.17) is 14.2 Å². The van der Waals surface area contributed by atoms with Crippen molar-refractivity contribution in [2.75, 3.05) is 6.61 Å². The Bertz CT molecular complexity index is 1380. The lowest BCUT2D eigenvalue weighted by Crippen LogP contribution is -2.61. The van der Waals surface area contributed by atoms with Gasteiger partial charge in [0, 0.05) is 23.8 Å². The molecule has 13 heteroatoms. The van der Waals surface area contributed by atoms with Crippen molar-refractivity contribution in [2.45, 2.75) is 30.7 Å². The van der Waals surface area contributed by atoms with Crippen LogP contribution in [-0.4, -0.2) is 89.2 Å². The molecule has 0 aliphatic carbocycles. The fraction of sp³-hybridized carbons (Fsp3) is 0.222. The molecule has 0 saturated carbocycles. The number of benzene rings is 3. The first-order chi connectivity index (χ1) is 19.0. The minimum Gasteiger partial charge on any atom is -0.508 e. The zero-order chi connectivity index (χ0) is 29.1. The second-order valence-corrected chi connectivity index (χ2v) is 8.86. The van der Waals surface area contributed by atoms with Crippen LogP contribution in [0, 0.1) is 0 Å². The molecule has 212 valence electrons. The largest absolute Gasteiger partial charge is 0.508 e. The Morgan fingerprint density at radius 1 is 0.800 bits per heavy atom. The molecule has 0 aromatic heterocycles. The molecule has 1 fully saturated rings. The van der Waals surface area contributed by atoms with Crippen LogP contribution in [0.15, 0.2) is 48.5 Å². The van der Waals surface area contributed by atoms with Crippen molar-refractivity contribution >= 4 is 18.1 Å². The third-order valence-corrected chi connectivity index (χ3v) is 6.02. The predicted octanol–water partition coefficient (Wildman–Crippen LogP) is 1.13. The van der Waals surface area contributed by atoms with E-state index in [0.717, 1.165) is 18.2 Å². The highest BCUT2D eigenvalue weighted by molar-refractivity contribution is 5.95. The second kappa shape index (κ2) is 11.6. The van der Waals surface area contributed by atoms with Gasteiger partial charge in [0.15, 0.2) is 23.7 Å². The molecule has 1 saturated heterocycles. The fourth-order valence-electron chi connectivity index (χ4n) is 4.04. The van der Waals surface area contributed by atoms with Crippen molar-refractivity contribution in [3.63, 3.8) is 0 Å². The number of aliphatic hydroxyl groups is 3. The van der Waals surface area contributed by atoms with Crippen LogP contribution in [-0.2, 0) is 9.47 Å². The minimum absolute atomic E-state index is 0.0475. The second-order valence-electron chi connectivity index (χ2n) is 8.86. The molecule has 0 radical (unpaired) electrons. The zero-order valence-corrected chi connectivity index (χ0v) is 20.5. The average Bonchev–Trinajstić information content (AvgIpc) is 2.88. The van der Waals surface area contributed by atoms with Crippen LogP contribution in [0.5, 0.6) is 40.2 Å². The first kappa shape index (κ1) is 28.3. The van der Waals surface area contributed by atoms with E-state index in [1.54, 1.807) is 18.2 Å². The number of hydrogen-bond acceptors (Lipinski definition) is 13. The Labute approximate surface area is 226 Å². The molecule has 4 rings (SSSR count). The van der Waals surface area contributed by atoms with Crippen LogP contribution in [0.25, 0.3) is 12.2 Å². The lowest BCUT2D eigenvalue weighted by molar-refractivity contribution is -0.277. The third kappa shape index (κ3) is 5.97. The van der Waals surface area contributed by atoms with E-state index in [1.807, 2.05) is 0 Å². The highest BCUT2D eigenvalue weighted by Crippen LogP contribution is 2.39. The Kier molecular flexibility index (Phi) is 8.21. The standard InChI is InChI=1S/C27H26O13/c28-11-20-22(35)25(39-26(37)21-17(32)8-16(31)9-18(21)33)23(36)27(38-20)40-24-13(7-15(30)10-19(24)34)4-1-12-2-5-14(29)6-3-12/h1-10,20,22-23,25,27-36H,11H2/b4-1+/t20-,22-,23-,25+,27+/m1/s1. The maximum atomic E-state index is 12.7. The normalized spacial score (nSPS) is 22.7. The summed E-state index contributed by atoms with van der Waals surface area (Å²) in [4.78, 5) is 12.7. The van der Waals surface area contributed by atoms with Crippen molar-refractivity contribution in [2.24, 2.45) is 0 Å². The van der Waals surface area contributed by atoms with E-state index in [9.17, 15) is 50.8 Å². The van der Waals surface area contributed by atoms with Gasteiger partial charge in [0.05, 0.1) is 6.61 Å². The first-order valence-corrected chi connectivity index (χ1v) is 11.8. The maximum absolute atomic E-state index is 12.7. The van der Waals surface area contributed by atoms with Gasteiger partial charge >= 0.3 is 5.97 Å². The molecular weight excluding hydrogens is 532 g/mol. The highest BCUT2D eigenvalue weighted by atomic mass is 16.7. The lowest BCUT2D eigenvalue weighted by Gasteiger charge is -2.41. The van der Waals surface area contributed by atoms with Gasteiger partial charge in [-0.15, -0.1) is 0 Å². The lowest BCUT2D eigenvalue weighted by atomic mass is 9.98. The molecule has 0 amide bonds. The summed E-state index contributed by atoms with van der Waals surface area (Å²) < 4.78 is 16.3. The number of carbonyl (C=O) groups excluding carboxylic acids is 1. The van der Waals surface area contributed by atoms with E-state index in [2.05, 4.69) is 0 Å². The Morgan fingerprint density at radius 2 is 1.40 bits per heavy atom. The van der Waals surface area contributed by atoms with Crippen molar-refractivity contribution in [3.8, 4) is 40.2 Å². The molecule has 3 aromatic rings. The summed E-state index contributed by atoms with van der Waals surface area (Å²) >= 11 is 0. The topological polar surface area (TPSA) is 227 Å². The van der Waals surface area contributed by atoms with Crippen LogP contribution < -0.4 is 4.74 Å². The number of phenolic OH excluding ortho intramolecular Hbond substituents is 6. The molecule has 9 N–H and O–H groups in total. The summed E-state index contributed by atoms with van der Waals surface area (Å²) in [6.45, 7) is -0.813. The van der Waals surface area contributed by atoms with E-state index in [0.29, 0.717) is 5.56 Å². The van der Waals surface area contributed by atoms with Crippen LogP contribution in [0.4, 0.5) is 0 Å². The minimum atomic E-state index is -1.94. The predicted molar refractivity (Wildman–Crippen MR) is 136 cm³/mol. The van der Waals surface area contributed by atoms with E-state index in [-0.39, 0.29) is 22.8 Å². The van der Waals surface area contributed by atoms with Gasteiger partial charge in [-0.1, -0.05) is 24.3 Å². The maximum Gasteiger partial charge on any atom is 0.346 e. The molecule has 1 aliphatic rings. The summed E-state index contributed by atoms with van der Waals surface area (Å²) in [6.07, 6.45) is -5.76. The monoisotopic (exact) mass is 558 g/mol. The van der Waals surface area contributed by atoms with Gasteiger partial charge in [-0.05, 0) is 23.8 Å². The molecule has 40 heavy (non-hydrogen) atoms. The summed E-state index contributed by atoms with van der Waals surface area (Å²) in [5.41, 5.74) is -0.0169. The van der Waals surface area contributed by atoms with Crippen LogP contribution in [0.1, 0.15) is 21.5 Å². The van der Waals surface area contributed by atoms with E-state index in [1.165, 1.54) is 24.3 Å². The van der Waals surface area contributed by atoms with Gasteiger partial charge < -0.3 is 60.2 Å². The molecular formula is C27H26O13. The van der Waals surface area contributed by atoms with Crippen LogP contribution >= 0.6 is 0 Å². The summed E-state index contributed by atoms with van der Waals surface area (Å²) in [5, 5.41) is 90.6. The zero-order valence-electron chi connectivity index (χ0n) is 20.5. The third-order valence-electron chi connectivity index (χ3n) is 6.02. The number of esters is 1. The van der Waals surface area contributed by atoms with Gasteiger partial charge in [-0.3, -0.25) is 0 Å². The molecule has 5 atom stereocenters. The van der Waals surface area contributed by atoms with Crippen LogP contribution in [0.3, 0.4) is 0 Å². The molecule has 0 bridgehead atoms. The summed E-state index contributed by atoms with van der Waals surface area (Å²) in [6, 6.07) is 9.79. The van der Waals surface area contributed by atoms with Crippen molar-refractivity contribution < 1.29 is 65.0 Å². The summed E-state index contributed by atoms with van der Waals surface area (Å²) in [5.74, 6) is -4.76. The van der Waals surface area contributed by atoms with Gasteiger partial charge in [-0.25, -0.2) is 4.79 Å². The summed E-state index contributed by atoms with van der Waals surface area (Å²) in [7, 11) is 0. The van der Waals surface area contributed by atoms with E-state index >= 15 is 0 Å². The van der Waals surface area contributed by atoms with Crippen molar-refractivity contribution in [1.29, 1.82) is 0 Å². The molecule has 3 aromatic carbocycles. The number of hydrogen-bond donors (Lipinski definition) is 9. The SMILES string of the molecule is O=C(O[C@@H]1[C@@H](O)[C@H](Oc2c(O)cc(O)cc2/C=C/c2ccc(O)cc2)O[C@H](CO)[C@H]1O)c1c(O)cc(O)cc1O. The highest BCUT2D eigenvalue weighted by Gasteiger charge is 2.48. The Balaban J connectivity index is 1.62. The van der Waals surface area contributed by atoms with Gasteiger partial charge in [0.1, 0.15) is 46.5 Å². The molecule has 1 heterocycles. The number of phenols is 6. The Hall–Kier alpha value is -4.69. The number of aromatic hydroxyl groups is 6. The molecule has 1 aliphatic heterocycles. The molecule has 0 unspecified atom stereocenters. The smallest absolute Gasteiger partial charge is 0.346 e. The number of carbonyl (C=O) groups is 1. The molecule has 13 nitrogen and oxygen atoms in total. The van der Waals surface area contributed by atoms with Gasteiger partial charge in [0.25, 0.3) is 0 Å². The number of rotatable bonds is 7. The number of ether oxygens (including phenoxy) is 3. The Morgan fingerprint density at radius 3 is 2.02 bits per heavy atom.